The van der Waals surface area contributed by atoms with Crippen LogP contribution in [0.4, 0.5) is 0 Å². The molecule has 2 aliphatic heterocycles. The zero-order valence-electron chi connectivity index (χ0n) is 18.6. The Morgan fingerprint density at radius 1 is 1.22 bits per heavy atom. The van der Waals surface area contributed by atoms with Crippen molar-refractivity contribution in [1.82, 2.24) is 14.8 Å². The molecule has 2 saturated heterocycles. The number of pyridine rings is 1. The number of imide groups is 1. The molecular weight excluding hydrogens is 406 g/mol. The Kier molecular flexibility index (Phi) is 6.37. The molecule has 7 heteroatoms. The van der Waals surface area contributed by atoms with Crippen molar-refractivity contribution in [2.45, 2.75) is 50.7 Å². The number of ether oxygens (including phenoxy) is 1. The van der Waals surface area contributed by atoms with Crippen LogP contribution < -0.4 is 0 Å². The Morgan fingerprint density at radius 2 is 2.03 bits per heavy atom. The molecule has 1 aromatic carbocycles. The van der Waals surface area contributed by atoms with E-state index in [-0.39, 0.29) is 43.2 Å². The molecule has 32 heavy (non-hydrogen) atoms. The Labute approximate surface area is 188 Å². The van der Waals surface area contributed by atoms with Gasteiger partial charge < -0.3 is 9.64 Å². The maximum Gasteiger partial charge on any atom is 0.241 e. The van der Waals surface area contributed by atoms with Crippen LogP contribution in [0.1, 0.15) is 42.4 Å². The molecule has 3 amide bonds. The number of amides is 3. The predicted octanol–water partition coefficient (Wildman–Crippen LogP) is 2.61. The quantitative estimate of drug-likeness (QED) is 0.652. The van der Waals surface area contributed by atoms with E-state index in [1.54, 1.807) is 30.5 Å². The van der Waals surface area contributed by atoms with Crippen molar-refractivity contribution in [1.29, 1.82) is 0 Å². The molecule has 7 nitrogen and oxygen atoms in total. The van der Waals surface area contributed by atoms with E-state index in [4.69, 9.17) is 4.74 Å². The first-order chi connectivity index (χ1) is 15.4. The van der Waals surface area contributed by atoms with Crippen LogP contribution in [0, 0.1) is 6.92 Å². The fourth-order valence-corrected chi connectivity index (χ4v) is 4.92. The Balaban J connectivity index is 1.66. The summed E-state index contributed by atoms with van der Waals surface area (Å²) in [5, 5.41) is 0. The number of methoxy groups -OCH3 is 1. The third-order valence-corrected chi connectivity index (χ3v) is 6.65. The van der Waals surface area contributed by atoms with Crippen molar-refractivity contribution < 1.29 is 19.1 Å². The number of aryl methyl sites for hydroxylation is 1. The van der Waals surface area contributed by atoms with Crippen molar-refractivity contribution in [2.75, 3.05) is 20.2 Å². The van der Waals surface area contributed by atoms with E-state index in [0.29, 0.717) is 13.1 Å². The lowest BCUT2D eigenvalue weighted by molar-refractivity contribution is -0.144. The first kappa shape index (κ1) is 22.1. The fourth-order valence-electron chi connectivity index (χ4n) is 4.92. The average molecular weight is 436 g/mol. The molecule has 168 valence electrons. The van der Waals surface area contributed by atoms with Gasteiger partial charge in [-0.1, -0.05) is 30.3 Å². The van der Waals surface area contributed by atoms with E-state index < -0.39 is 5.41 Å². The van der Waals surface area contributed by atoms with Gasteiger partial charge in [-0.15, -0.1) is 0 Å². The van der Waals surface area contributed by atoms with Crippen LogP contribution in [-0.2, 0) is 31.1 Å². The maximum absolute atomic E-state index is 13.8. The number of hydrogen-bond acceptors (Lipinski definition) is 5. The van der Waals surface area contributed by atoms with Gasteiger partial charge in [0.05, 0.1) is 18.1 Å². The fraction of sp³-hybridized carbons (Fsp3) is 0.440. The lowest BCUT2D eigenvalue weighted by atomic mass is 9.73. The second-order valence-corrected chi connectivity index (χ2v) is 8.74. The zero-order chi connectivity index (χ0) is 22.7. The van der Waals surface area contributed by atoms with Gasteiger partial charge in [0.25, 0.3) is 0 Å². The van der Waals surface area contributed by atoms with Crippen molar-refractivity contribution in [3.8, 4) is 0 Å². The SMILES string of the molecule is CO[C@@H]1CCCN(C(=O)C[C@]2(c3ccccc3C)CC(=O)N(Cc3cccnc3)C2=O)C1. The minimum absolute atomic E-state index is 0.00472. The van der Waals surface area contributed by atoms with Crippen LogP contribution in [0.3, 0.4) is 0 Å². The summed E-state index contributed by atoms with van der Waals surface area (Å²) in [6, 6.07) is 11.2. The van der Waals surface area contributed by atoms with Gasteiger partial charge in [-0.25, -0.2) is 0 Å². The number of likely N-dealkylation sites (tertiary alicyclic amines) is 2. The number of aromatic nitrogens is 1. The number of rotatable bonds is 6. The molecule has 0 saturated carbocycles. The highest BCUT2D eigenvalue weighted by molar-refractivity contribution is 6.10. The van der Waals surface area contributed by atoms with Crippen molar-refractivity contribution >= 4 is 17.7 Å². The number of nitrogens with zero attached hydrogens (tertiary/aromatic N) is 3. The Morgan fingerprint density at radius 3 is 2.75 bits per heavy atom. The minimum Gasteiger partial charge on any atom is -0.380 e. The van der Waals surface area contributed by atoms with E-state index in [2.05, 4.69) is 4.98 Å². The molecule has 0 unspecified atom stereocenters. The summed E-state index contributed by atoms with van der Waals surface area (Å²) < 4.78 is 5.46. The van der Waals surface area contributed by atoms with Crippen molar-refractivity contribution in [3.63, 3.8) is 0 Å². The molecule has 4 rings (SSSR count). The second kappa shape index (κ2) is 9.20. The van der Waals surface area contributed by atoms with Crippen LogP contribution in [0.15, 0.2) is 48.8 Å². The van der Waals surface area contributed by atoms with E-state index >= 15 is 0 Å². The zero-order valence-corrected chi connectivity index (χ0v) is 18.6. The molecular formula is C25H29N3O4. The van der Waals surface area contributed by atoms with Gasteiger partial charge in [0.15, 0.2) is 0 Å². The van der Waals surface area contributed by atoms with Gasteiger partial charge in [-0.05, 0) is 42.5 Å². The highest BCUT2D eigenvalue weighted by Crippen LogP contribution is 2.42. The van der Waals surface area contributed by atoms with Crippen LogP contribution in [0.5, 0.6) is 0 Å². The van der Waals surface area contributed by atoms with E-state index in [0.717, 1.165) is 29.5 Å². The van der Waals surface area contributed by atoms with E-state index in [1.807, 2.05) is 37.3 Å². The van der Waals surface area contributed by atoms with Crippen molar-refractivity contribution in [2.24, 2.45) is 0 Å². The average Bonchev–Trinajstić information content (AvgIpc) is 3.04. The van der Waals surface area contributed by atoms with Gasteiger partial charge in [-0.3, -0.25) is 24.3 Å². The molecule has 1 aromatic heterocycles. The first-order valence-electron chi connectivity index (χ1n) is 11.0. The molecule has 2 atom stereocenters. The number of hydrogen-bond donors (Lipinski definition) is 0. The highest BCUT2D eigenvalue weighted by atomic mass is 16.5. The molecule has 0 radical (unpaired) electrons. The molecule has 2 aromatic rings. The smallest absolute Gasteiger partial charge is 0.241 e. The highest BCUT2D eigenvalue weighted by Gasteiger charge is 2.54. The van der Waals surface area contributed by atoms with E-state index in [9.17, 15) is 14.4 Å². The third-order valence-electron chi connectivity index (χ3n) is 6.65. The second-order valence-electron chi connectivity index (χ2n) is 8.74. The lowest BCUT2D eigenvalue weighted by Crippen LogP contribution is -2.47. The van der Waals surface area contributed by atoms with Gasteiger partial charge in [0.2, 0.25) is 17.7 Å². The summed E-state index contributed by atoms with van der Waals surface area (Å²) in [4.78, 5) is 47.5. The largest absolute Gasteiger partial charge is 0.380 e. The Bertz CT molecular complexity index is 1010. The predicted molar refractivity (Wildman–Crippen MR) is 118 cm³/mol. The number of carbonyl (C=O) groups is 3. The molecule has 0 aliphatic carbocycles. The van der Waals surface area contributed by atoms with Gasteiger partial charge in [0.1, 0.15) is 0 Å². The van der Waals surface area contributed by atoms with Crippen LogP contribution >= 0.6 is 0 Å². The van der Waals surface area contributed by atoms with E-state index in [1.165, 1.54) is 4.90 Å². The Hall–Kier alpha value is -3.06. The van der Waals surface area contributed by atoms with Crippen molar-refractivity contribution in [3.05, 3.63) is 65.5 Å². The summed E-state index contributed by atoms with van der Waals surface area (Å²) in [5.41, 5.74) is 1.24. The summed E-state index contributed by atoms with van der Waals surface area (Å²) in [7, 11) is 1.66. The summed E-state index contributed by atoms with van der Waals surface area (Å²) >= 11 is 0. The van der Waals surface area contributed by atoms with Crippen LogP contribution in [0.25, 0.3) is 0 Å². The third kappa shape index (κ3) is 4.17. The summed E-state index contributed by atoms with van der Waals surface area (Å²) in [6.07, 6.45) is 5.05. The van der Waals surface area contributed by atoms with Crippen LogP contribution in [-0.4, -0.2) is 58.8 Å². The first-order valence-corrected chi connectivity index (χ1v) is 11.0. The number of carbonyl (C=O) groups excluding carboxylic acids is 3. The van der Waals surface area contributed by atoms with Gasteiger partial charge >= 0.3 is 0 Å². The monoisotopic (exact) mass is 435 g/mol. The number of benzene rings is 1. The standard InChI is InChI=1S/C25H29N3O4/c1-18-7-3-4-10-21(18)25(13-22(29)27-12-6-9-20(17-27)32-2)14-23(30)28(24(25)31)16-19-8-5-11-26-15-19/h3-5,7-8,10-11,15,20H,6,9,12-14,16-17H2,1-2H3/t20-,25-/m1/s1. The lowest BCUT2D eigenvalue weighted by Gasteiger charge is -2.35. The summed E-state index contributed by atoms with van der Waals surface area (Å²) in [6.45, 7) is 3.23. The summed E-state index contributed by atoms with van der Waals surface area (Å²) in [5.74, 6) is -0.683. The molecule has 3 heterocycles. The van der Waals surface area contributed by atoms with Crippen LogP contribution in [0.2, 0.25) is 0 Å². The maximum atomic E-state index is 13.8. The molecule has 0 bridgehead atoms. The molecule has 2 aliphatic rings. The topological polar surface area (TPSA) is 79.8 Å². The molecule has 0 spiro atoms. The normalized spacial score (nSPS) is 23.6. The van der Waals surface area contributed by atoms with Gasteiger partial charge in [0, 0.05) is 45.4 Å². The number of piperidine rings is 1. The molecule has 2 fully saturated rings. The minimum atomic E-state index is -1.19. The molecule has 0 N–H and O–H groups in total. The van der Waals surface area contributed by atoms with Gasteiger partial charge in [-0.2, -0.15) is 0 Å².